The summed E-state index contributed by atoms with van der Waals surface area (Å²) in [6, 6.07) is 15.7. The lowest BCUT2D eigenvalue weighted by Gasteiger charge is -2.19. The van der Waals surface area contributed by atoms with Crippen LogP contribution in [0.4, 0.5) is 17.1 Å². The number of fused-ring (bicyclic) bond motifs is 1. The van der Waals surface area contributed by atoms with Crippen molar-refractivity contribution in [2.45, 2.75) is 23.4 Å². The highest BCUT2D eigenvalue weighted by molar-refractivity contribution is 7.86. The number of aromatic amines is 1. The van der Waals surface area contributed by atoms with Gasteiger partial charge >= 0.3 is 16.4 Å². The molecule has 0 saturated carbocycles. The van der Waals surface area contributed by atoms with Crippen LogP contribution in [-0.2, 0) is 10.2 Å². The standard InChI is InChI=1S/C21H15F4NO2S2/c22-21(23,24)12-16(18-7-4-10-29-18)19-15-9-8-14(30(25,27)28)11-17(15)26-20(19)13-5-2-1-3-6-13/h1-11,16,26H,12H2. The average Bonchev–Trinajstić information content (AvgIpc) is 3.33. The summed E-state index contributed by atoms with van der Waals surface area (Å²) in [5.74, 6) is -0.998. The summed E-state index contributed by atoms with van der Waals surface area (Å²) in [4.78, 5) is 3.01. The van der Waals surface area contributed by atoms with Crippen LogP contribution in [0.2, 0.25) is 0 Å². The molecule has 0 spiro atoms. The minimum atomic E-state index is -4.95. The summed E-state index contributed by atoms with van der Waals surface area (Å²) in [5.41, 5.74) is 1.75. The number of thiophene rings is 1. The quantitative estimate of drug-likeness (QED) is 0.272. The predicted molar refractivity (Wildman–Crippen MR) is 109 cm³/mol. The first-order valence-electron chi connectivity index (χ1n) is 8.89. The Labute approximate surface area is 174 Å². The molecule has 1 N–H and O–H groups in total. The van der Waals surface area contributed by atoms with Gasteiger partial charge in [-0.2, -0.15) is 21.6 Å². The first-order valence-corrected chi connectivity index (χ1v) is 11.2. The Hall–Kier alpha value is -2.65. The van der Waals surface area contributed by atoms with E-state index in [1.165, 1.54) is 17.4 Å². The number of alkyl halides is 3. The van der Waals surface area contributed by atoms with Gasteiger partial charge in [0.05, 0.1) is 12.1 Å². The number of rotatable bonds is 5. The molecule has 0 aliphatic rings. The number of nitrogens with one attached hydrogen (secondary N) is 1. The van der Waals surface area contributed by atoms with Crippen LogP contribution in [0, 0.1) is 0 Å². The minimum Gasteiger partial charge on any atom is -0.354 e. The summed E-state index contributed by atoms with van der Waals surface area (Å²) in [7, 11) is -4.95. The van der Waals surface area contributed by atoms with E-state index < -0.39 is 33.6 Å². The zero-order chi connectivity index (χ0) is 21.5. The normalized spacial score (nSPS) is 13.6. The van der Waals surface area contributed by atoms with Crippen molar-refractivity contribution >= 4 is 32.5 Å². The van der Waals surface area contributed by atoms with Crippen LogP contribution in [-0.4, -0.2) is 19.6 Å². The second kappa shape index (κ2) is 7.55. The maximum Gasteiger partial charge on any atom is 0.390 e. The Morgan fingerprint density at radius 3 is 2.33 bits per heavy atom. The van der Waals surface area contributed by atoms with E-state index in [1.807, 2.05) is 0 Å². The number of hydrogen-bond acceptors (Lipinski definition) is 3. The van der Waals surface area contributed by atoms with Gasteiger partial charge in [-0.05, 0) is 34.7 Å². The van der Waals surface area contributed by atoms with Crippen molar-refractivity contribution < 1.29 is 25.5 Å². The smallest absolute Gasteiger partial charge is 0.354 e. The van der Waals surface area contributed by atoms with Gasteiger partial charge in [0.2, 0.25) is 0 Å². The van der Waals surface area contributed by atoms with Crippen molar-refractivity contribution in [2.24, 2.45) is 0 Å². The highest BCUT2D eigenvalue weighted by Gasteiger charge is 2.36. The van der Waals surface area contributed by atoms with Gasteiger partial charge < -0.3 is 4.98 Å². The molecular weight excluding hydrogens is 438 g/mol. The van der Waals surface area contributed by atoms with Gasteiger partial charge in [-0.15, -0.1) is 15.2 Å². The number of halogens is 4. The summed E-state index contributed by atoms with van der Waals surface area (Å²) in [6.07, 6.45) is -5.50. The lowest BCUT2D eigenvalue weighted by Crippen LogP contribution is -2.14. The van der Waals surface area contributed by atoms with E-state index in [1.54, 1.807) is 47.8 Å². The van der Waals surface area contributed by atoms with E-state index in [9.17, 15) is 25.5 Å². The largest absolute Gasteiger partial charge is 0.390 e. The fourth-order valence-corrected chi connectivity index (χ4v) is 4.94. The van der Waals surface area contributed by atoms with Crippen LogP contribution in [0.15, 0.2) is 70.9 Å². The third-order valence-electron chi connectivity index (χ3n) is 4.82. The third kappa shape index (κ3) is 4.13. The lowest BCUT2D eigenvalue weighted by atomic mass is 9.89. The molecule has 0 aliphatic carbocycles. The Morgan fingerprint density at radius 1 is 1.00 bits per heavy atom. The SMILES string of the molecule is O=S(=O)(F)c1ccc2c(C(CC(F)(F)F)c3cccs3)c(-c3ccccc3)[nH]c2c1. The molecular formula is C21H15F4NO2S2. The van der Waals surface area contributed by atoms with Gasteiger partial charge in [0.25, 0.3) is 0 Å². The summed E-state index contributed by atoms with van der Waals surface area (Å²) in [5, 5.41) is 2.13. The molecule has 156 valence electrons. The molecule has 2 heterocycles. The Morgan fingerprint density at radius 2 is 1.73 bits per heavy atom. The van der Waals surface area contributed by atoms with Crippen LogP contribution in [0.1, 0.15) is 22.8 Å². The molecule has 1 atom stereocenters. The monoisotopic (exact) mass is 453 g/mol. The highest BCUT2D eigenvalue weighted by Crippen LogP contribution is 2.45. The summed E-state index contributed by atoms with van der Waals surface area (Å²) >= 11 is 1.22. The number of aromatic nitrogens is 1. The van der Waals surface area contributed by atoms with Gasteiger partial charge in [0, 0.05) is 21.7 Å². The number of benzene rings is 2. The molecule has 0 fully saturated rings. The van der Waals surface area contributed by atoms with Crippen LogP contribution in [0.25, 0.3) is 22.2 Å². The fraction of sp³-hybridized carbons (Fsp3) is 0.143. The summed E-state index contributed by atoms with van der Waals surface area (Å²) < 4.78 is 76.7. The highest BCUT2D eigenvalue weighted by atomic mass is 32.3. The topological polar surface area (TPSA) is 49.9 Å². The number of hydrogen-bond donors (Lipinski definition) is 1. The summed E-state index contributed by atoms with van der Waals surface area (Å²) in [6.45, 7) is 0. The molecule has 0 amide bonds. The molecule has 1 unspecified atom stereocenters. The van der Waals surface area contributed by atoms with Crippen LogP contribution in [0.5, 0.6) is 0 Å². The fourth-order valence-electron chi connectivity index (χ4n) is 3.61. The Bertz CT molecular complexity index is 1280. The molecule has 9 heteroatoms. The molecule has 4 aromatic rings. The second-order valence-electron chi connectivity index (χ2n) is 6.81. The van der Waals surface area contributed by atoms with Gasteiger partial charge in [0.15, 0.2) is 0 Å². The maximum atomic E-state index is 13.5. The Balaban J connectivity index is 2.02. The Kier molecular flexibility index (Phi) is 5.19. The number of H-pyrrole nitrogens is 1. The van der Waals surface area contributed by atoms with Gasteiger partial charge in [0.1, 0.15) is 4.90 Å². The molecule has 0 saturated heterocycles. The first-order chi connectivity index (χ1) is 14.1. The molecule has 2 aromatic carbocycles. The van der Waals surface area contributed by atoms with Gasteiger partial charge in [-0.25, -0.2) is 0 Å². The molecule has 0 bridgehead atoms. The molecule has 0 radical (unpaired) electrons. The van der Waals surface area contributed by atoms with Gasteiger partial charge in [-0.3, -0.25) is 0 Å². The lowest BCUT2D eigenvalue weighted by molar-refractivity contribution is -0.136. The molecule has 3 nitrogen and oxygen atoms in total. The van der Waals surface area contributed by atoms with Crippen molar-refractivity contribution in [3.05, 3.63) is 76.5 Å². The van der Waals surface area contributed by atoms with Crippen LogP contribution >= 0.6 is 11.3 Å². The first kappa shape index (κ1) is 20.6. The van der Waals surface area contributed by atoms with Crippen LogP contribution < -0.4 is 0 Å². The van der Waals surface area contributed by atoms with Crippen molar-refractivity contribution in [1.29, 1.82) is 0 Å². The molecule has 4 rings (SSSR count). The van der Waals surface area contributed by atoms with E-state index >= 15 is 0 Å². The van der Waals surface area contributed by atoms with Crippen molar-refractivity contribution in [2.75, 3.05) is 0 Å². The van der Waals surface area contributed by atoms with E-state index in [0.29, 0.717) is 27.1 Å². The average molecular weight is 453 g/mol. The van der Waals surface area contributed by atoms with E-state index in [-0.39, 0.29) is 5.52 Å². The van der Waals surface area contributed by atoms with Crippen molar-refractivity contribution in [3.63, 3.8) is 0 Å². The zero-order valence-electron chi connectivity index (χ0n) is 15.3. The zero-order valence-corrected chi connectivity index (χ0v) is 16.9. The van der Waals surface area contributed by atoms with E-state index in [4.69, 9.17) is 0 Å². The molecule has 30 heavy (non-hydrogen) atoms. The third-order valence-corrected chi connectivity index (χ3v) is 6.63. The second-order valence-corrected chi connectivity index (χ2v) is 9.14. The predicted octanol–water partition coefficient (Wildman–Crippen LogP) is 6.64. The van der Waals surface area contributed by atoms with Crippen LogP contribution in [0.3, 0.4) is 0 Å². The van der Waals surface area contributed by atoms with E-state index in [0.717, 1.165) is 12.1 Å². The van der Waals surface area contributed by atoms with E-state index in [2.05, 4.69) is 4.98 Å². The molecule has 2 aromatic heterocycles. The maximum absolute atomic E-state index is 13.5. The minimum absolute atomic E-state index is 0.256. The molecule has 0 aliphatic heterocycles. The van der Waals surface area contributed by atoms with Crippen molar-refractivity contribution in [1.82, 2.24) is 4.98 Å². The van der Waals surface area contributed by atoms with Crippen molar-refractivity contribution in [3.8, 4) is 11.3 Å². The van der Waals surface area contributed by atoms with Gasteiger partial charge in [-0.1, -0.05) is 42.5 Å².